The Morgan fingerprint density at radius 2 is 0.741 bits per heavy atom. The maximum Gasteiger partial charge on any atom is 0.164 e. The van der Waals surface area contributed by atoms with Crippen molar-refractivity contribution in [2.24, 2.45) is 35.5 Å². The summed E-state index contributed by atoms with van der Waals surface area (Å²) in [4.78, 5) is 15.4. The highest BCUT2D eigenvalue weighted by molar-refractivity contribution is 5.75. The lowest BCUT2D eigenvalue weighted by Crippen LogP contribution is -2.48. The van der Waals surface area contributed by atoms with Gasteiger partial charge in [0.25, 0.3) is 0 Å². The number of nitrogens with zero attached hydrogens (tertiary/aromatic N) is 5. The van der Waals surface area contributed by atoms with Gasteiger partial charge >= 0.3 is 0 Å². The second kappa shape index (κ2) is 12.2. The van der Waals surface area contributed by atoms with Crippen LogP contribution in [-0.2, 0) is 10.8 Å². The molecule has 0 N–H and O–H groups in total. The van der Waals surface area contributed by atoms with Crippen LogP contribution in [0.15, 0.2) is 91.0 Å². The van der Waals surface area contributed by atoms with Crippen molar-refractivity contribution in [3.63, 3.8) is 0 Å². The Kier molecular flexibility index (Phi) is 7.30. The van der Waals surface area contributed by atoms with Gasteiger partial charge in [0, 0.05) is 16.7 Å². The largest absolute Gasteiger partial charge is 0.208 e. The third-order valence-electron chi connectivity index (χ3n) is 14.9. The molecule has 5 heteroatoms. The van der Waals surface area contributed by atoms with Crippen molar-refractivity contribution in [1.29, 1.82) is 10.5 Å². The summed E-state index contributed by atoms with van der Waals surface area (Å²) in [7, 11) is 0. The Labute approximate surface area is 318 Å². The number of hydrogen-bond acceptors (Lipinski definition) is 5. The maximum absolute atomic E-state index is 10.1. The summed E-state index contributed by atoms with van der Waals surface area (Å²) in [6.07, 6.45) is 16.7. The van der Waals surface area contributed by atoms with Crippen LogP contribution in [0.25, 0.3) is 45.3 Å². The van der Waals surface area contributed by atoms with Crippen molar-refractivity contribution in [2.45, 2.75) is 87.9 Å². The lowest BCUT2D eigenvalue weighted by atomic mass is 9.48. The molecule has 13 rings (SSSR count). The SMILES string of the molecule is N#Cc1ccc(-c2cc(C#N)cc(-c3nc(-c4ccc(C56CC7C[C@H](C5)C[C@@H](C7)C6)cc4)nc(-c4ccc(C56CC7C[C@H](C5)C[C@@H](C7)C6)cc4)n3)c2)cc1. The van der Waals surface area contributed by atoms with Crippen molar-refractivity contribution in [2.75, 3.05) is 0 Å². The number of aromatic nitrogens is 3. The molecule has 8 bridgehead atoms. The highest BCUT2D eigenvalue weighted by atomic mass is 15.0. The van der Waals surface area contributed by atoms with Crippen molar-refractivity contribution >= 4 is 0 Å². The predicted octanol–water partition coefficient (Wildman–Crippen LogP) is 11.2. The number of benzene rings is 4. The van der Waals surface area contributed by atoms with Gasteiger partial charge in [-0.15, -0.1) is 0 Å². The zero-order chi connectivity index (χ0) is 36.0. The molecule has 8 fully saturated rings. The first-order chi connectivity index (χ1) is 26.4. The van der Waals surface area contributed by atoms with Gasteiger partial charge in [-0.05, 0) is 176 Å². The molecule has 5 aromatic rings. The van der Waals surface area contributed by atoms with Gasteiger partial charge in [0.2, 0.25) is 0 Å². The Hall–Kier alpha value is -5.13. The van der Waals surface area contributed by atoms with Gasteiger partial charge in [-0.2, -0.15) is 10.5 Å². The topological polar surface area (TPSA) is 86.2 Å². The molecule has 4 aromatic carbocycles. The Morgan fingerprint density at radius 3 is 1.13 bits per heavy atom. The Balaban J connectivity index is 0.989. The standard InChI is InChI=1S/C49H45N5/c50-28-30-1-3-38(4-2-30)41-19-37(29-51)20-42(21-41)47-53-45(39-5-9-43(10-6-39)48-22-31-13-32(23-48)15-33(14-31)24-48)52-46(54-47)40-7-11-44(12-8-40)49-25-34-16-35(26-49)18-36(17-34)27-49/h1-12,19-21,31-36H,13-18,22-27H2/t31-,32+,33?,34-,35+,36?,48?,49?. The van der Waals surface area contributed by atoms with E-state index in [1.165, 1.54) is 88.2 Å². The first-order valence-corrected chi connectivity index (χ1v) is 20.5. The average molecular weight is 704 g/mol. The van der Waals surface area contributed by atoms with Crippen LogP contribution in [0.5, 0.6) is 0 Å². The van der Waals surface area contributed by atoms with Gasteiger partial charge in [-0.3, -0.25) is 0 Å². The predicted molar refractivity (Wildman–Crippen MR) is 211 cm³/mol. The summed E-state index contributed by atoms with van der Waals surface area (Å²) in [5.41, 5.74) is 9.36. The fraction of sp³-hybridized carbons (Fsp3) is 0.408. The first kappa shape index (κ1) is 32.3. The van der Waals surface area contributed by atoms with Crippen LogP contribution in [0.3, 0.4) is 0 Å². The summed E-state index contributed by atoms with van der Waals surface area (Å²) in [5.74, 6) is 7.26. The Bertz CT molecular complexity index is 2180. The van der Waals surface area contributed by atoms with Crippen LogP contribution >= 0.6 is 0 Å². The van der Waals surface area contributed by atoms with E-state index in [4.69, 9.17) is 15.0 Å². The number of rotatable bonds is 6. The van der Waals surface area contributed by atoms with Crippen molar-refractivity contribution in [3.8, 4) is 57.4 Å². The minimum Gasteiger partial charge on any atom is -0.208 e. The van der Waals surface area contributed by atoms with Crippen LogP contribution in [0.1, 0.15) is 99.3 Å². The van der Waals surface area contributed by atoms with E-state index in [2.05, 4.69) is 66.7 Å². The molecule has 0 spiro atoms. The van der Waals surface area contributed by atoms with Gasteiger partial charge in [0.1, 0.15) is 0 Å². The fourth-order valence-corrected chi connectivity index (χ4v) is 13.4. The fourth-order valence-electron chi connectivity index (χ4n) is 13.4. The summed E-state index contributed by atoms with van der Waals surface area (Å²) in [5, 5.41) is 19.5. The lowest BCUT2D eigenvalue weighted by molar-refractivity contribution is -0.00530. The van der Waals surface area contributed by atoms with E-state index in [0.717, 1.165) is 63.3 Å². The maximum atomic E-state index is 10.1. The summed E-state index contributed by atoms with van der Waals surface area (Å²) in [6, 6.07) is 36.3. The molecule has 0 atom stereocenters. The summed E-state index contributed by atoms with van der Waals surface area (Å²) >= 11 is 0. The van der Waals surface area contributed by atoms with E-state index >= 15 is 0 Å². The van der Waals surface area contributed by atoms with E-state index in [9.17, 15) is 10.5 Å². The van der Waals surface area contributed by atoms with Crippen LogP contribution in [0.4, 0.5) is 0 Å². The monoisotopic (exact) mass is 703 g/mol. The second-order valence-electron chi connectivity index (χ2n) is 18.5. The first-order valence-electron chi connectivity index (χ1n) is 20.5. The zero-order valence-electron chi connectivity index (χ0n) is 30.8. The molecule has 0 saturated heterocycles. The van der Waals surface area contributed by atoms with Crippen LogP contribution in [0.2, 0.25) is 0 Å². The molecule has 266 valence electrons. The molecule has 1 heterocycles. The highest BCUT2D eigenvalue weighted by Gasteiger charge is 2.52. The third kappa shape index (κ3) is 5.42. The van der Waals surface area contributed by atoms with E-state index in [1.807, 2.05) is 36.4 Å². The molecule has 5 nitrogen and oxygen atoms in total. The molecule has 0 unspecified atom stereocenters. The zero-order valence-corrected chi connectivity index (χ0v) is 30.8. The molecule has 0 aliphatic heterocycles. The number of nitriles is 2. The third-order valence-corrected chi connectivity index (χ3v) is 14.9. The van der Waals surface area contributed by atoms with Crippen LogP contribution in [-0.4, -0.2) is 15.0 Å². The molecule has 8 aliphatic carbocycles. The molecule has 8 aliphatic rings. The second-order valence-corrected chi connectivity index (χ2v) is 18.5. The van der Waals surface area contributed by atoms with E-state index < -0.39 is 0 Å². The van der Waals surface area contributed by atoms with Gasteiger partial charge in [-0.25, -0.2) is 15.0 Å². The normalized spacial score (nSPS) is 31.3. The smallest absolute Gasteiger partial charge is 0.164 e. The minimum atomic E-state index is 0.334. The van der Waals surface area contributed by atoms with E-state index in [0.29, 0.717) is 39.4 Å². The van der Waals surface area contributed by atoms with Gasteiger partial charge in [0.05, 0.1) is 23.3 Å². The van der Waals surface area contributed by atoms with Crippen molar-refractivity contribution in [1.82, 2.24) is 15.0 Å². The lowest BCUT2D eigenvalue weighted by Gasteiger charge is -2.57. The van der Waals surface area contributed by atoms with Gasteiger partial charge in [0.15, 0.2) is 17.5 Å². The molecule has 54 heavy (non-hydrogen) atoms. The quantitative estimate of drug-likeness (QED) is 0.176. The van der Waals surface area contributed by atoms with Crippen LogP contribution in [0, 0.1) is 58.2 Å². The minimum absolute atomic E-state index is 0.334. The van der Waals surface area contributed by atoms with Gasteiger partial charge < -0.3 is 0 Å². The highest BCUT2D eigenvalue weighted by Crippen LogP contribution is 2.62. The molecule has 8 saturated carbocycles. The van der Waals surface area contributed by atoms with Crippen molar-refractivity contribution < 1.29 is 0 Å². The molecular formula is C49H45N5. The van der Waals surface area contributed by atoms with E-state index in [-0.39, 0.29) is 0 Å². The van der Waals surface area contributed by atoms with Gasteiger partial charge in [-0.1, -0.05) is 60.7 Å². The molecule has 0 radical (unpaired) electrons. The molecular weight excluding hydrogens is 659 g/mol. The molecule has 0 amide bonds. The molecule has 1 aromatic heterocycles. The van der Waals surface area contributed by atoms with Crippen molar-refractivity contribution in [3.05, 3.63) is 113 Å². The summed E-state index contributed by atoms with van der Waals surface area (Å²) in [6.45, 7) is 0. The van der Waals surface area contributed by atoms with Crippen LogP contribution < -0.4 is 0 Å². The average Bonchev–Trinajstić information content (AvgIpc) is 3.19. The summed E-state index contributed by atoms with van der Waals surface area (Å²) < 4.78 is 0. The Morgan fingerprint density at radius 1 is 0.389 bits per heavy atom. The number of hydrogen-bond donors (Lipinski definition) is 0. The van der Waals surface area contributed by atoms with E-state index in [1.54, 1.807) is 0 Å².